The number of esters is 2. The van der Waals surface area contributed by atoms with Gasteiger partial charge in [0.15, 0.2) is 0 Å². The van der Waals surface area contributed by atoms with Crippen LogP contribution in [-0.4, -0.2) is 30.7 Å². The Kier molecular flexibility index (Phi) is 8.20. The van der Waals surface area contributed by atoms with Crippen molar-refractivity contribution in [1.29, 1.82) is 0 Å². The maximum absolute atomic E-state index is 11.4. The first kappa shape index (κ1) is 17.6. The third-order valence-electron chi connectivity index (χ3n) is 1.60. The van der Waals surface area contributed by atoms with Gasteiger partial charge in [-0.2, -0.15) is 0 Å². The molecule has 1 atom stereocenters. The predicted molar refractivity (Wildman–Crippen MR) is 62.3 cm³/mol. The van der Waals surface area contributed by atoms with Gasteiger partial charge in [0, 0.05) is 6.42 Å². The summed E-state index contributed by atoms with van der Waals surface area (Å²) >= 11 is 0. The first-order valence-electron chi connectivity index (χ1n) is 4.81. The highest BCUT2D eigenvalue weighted by Crippen LogP contribution is 2.09. The van der Waals surface area contributed by atoms with Crippen LogP contribution in [0.5, 0.6) is 0 Å². The predicted octanol–water partition coefficient (Wildman–Crippen LogP) is 1.03. The van der Waals surface area contributed by atoms with Crippen LogP contribution in [0.1, 0.15) is 33.6 Å². The number of halogens is 1. The molecule has 16 heavy (non-hydrogen) atoms. The lowest BCUT2D eigenvalue weighted by Crippen LogP contribution is -2.37. The van der Waals surface area contributed by atoms with Gasteiger partial charge in [-0.15, -0.1) is 12.4 Å². The molecular weight excluding hydrogens is 234 g/mol. The largest absolute Gasteiger partial charge is 0.469 e. The van der Waals surface area contributed by atoms with Gasteiger partial charge >= 0.3 is 11.9 Å². The molecule has 6 heteroatoms. The van der Waals surface area contributed by atoms with Crippen LogP contribution in [0.15, 0.2) is 0 Å². The molecule has 0 heterocycles. The van der Waals surface area contributed by atoms with Crippen molar-refractivity contribution in [3.8, 4) is 0 Å². The third-order valence-corrected chi connectivity index (χ3v) is 1.60. The van der Waals surface area contributed by atoms with E-state index in [9.17, 15) is 9.59 Å². The lowest BCUT2D eigenvalue weighted by atomic mass is 10.1. The van der Waals surface area contributed by atoms with E-state index < -0.39 is 17.6 Å². The van der Waals surface area contributed by atoms with Crippen molar-refractivity contribution in [2.75, 3.05) is 7.11 Å². The van der Waals surface area contributed by atoms with Crippen molar-refractivity contribution in [2.45, 2.75) is 45.3 Å². The van der Waals surface area contributed by atoms with Crippen LogP contribution in [-0.2, 0) is 19.1 Å². The van der Waals surface area contributed by atoms with Crippen LogP contribution >= 0.6 is 12.4 Å². The molecule has 0 fully saturated rings. The van der Waals surface area contributed by atoms with Crippen molar-refractivity contribution in [1.82, 2.24) is 0 Å². The molecule has 1 unspecified atom stereocenters. The smallest absolute Gasteiger partial charge is 0.323 e. The number of rotatable bonds is 4. The summed E-state index contributed by atoms with van der Waals surface area (Å²) in [5.41, 5.74) is 4.99. The zero-order valence-electron chi connectivity index (χ0n) is 10.1. The molecular formula is C10H20ClNO4. The van der Waals surface area contributed by atoms with Crippen LogP contribution in [0.2, 0.25) is 0 Å². The Labute approximate surface area is 102 Å². The second kappa shape index (κ2) is 7.46. The minimum atomic E-state index is -0.775. The van der Waals surface area contributed by atoms with Gasteiger partial charge < -0.3 is 15.2 Å². The van der Waals surface area contributed by atoms with Crippen LogP contribution in [0.25, 0.3) is 0 Å². The Bertz CT molecular complexity index is 237. The van der Waals surface area contributed by atoms with E-state index in [-0.39, 0.29) is 31.2 Å². The zero-order chi connectivity index (χ0) is 12.1. The van der Waals surface area contributed by atoms with E-state index in [1.54, 1.807) is 20.8 Å². The number of hydrogen-bond donors (Lipinski definition) is 1. The molecule has 96 valence electrons. The standard InChI is InChI=1S/C10H19NO4.ClH/c1-10(2,3)15-9(13)7(11)5-6-8(12)14-4;/h7H,5-6,11H2,1-4H3;1H. The van der Waals surface area contributed by atoms with Crippen molar-refractivity contribution in [3.63, 3.8) is 0 Å². The highest BCUT2D eigenvalue weighted by molar-refractivity contribution is 5.85. The molecule has 0 amide bonds. The zero-order valence-corrected chi connectivity index (χ0v) is 10.9. The number of methoxy groups -OCH3 is 1. The average molecular weight is 254 g/mol. The average Bonchev–Trinajstić information content (AvgIpc) is 2.10. The van der Waals surface area contributed by atoms with E-state index in [4.69, 9.17) is 10.5 Å². The number of hydrogen-bond acceptors (Lipinski definition) is 5. The minimum absolute atomic E-state index is 0. The molecule has 0 aliphatic rings. The summed E-state index contributed by atoms with van der Waals surface area (Å²) in [5.74, 6) is -0.875. The molecule has 0 rings (SSSR count). The Balaban J connectivity index is 0. The molecule has 0 aliphatic heterocycles. The van der Waals surface area contributed by atoms with E-state index in [1.165, 1.54) is 7.11 Å². The van der Waals surface area contributed by atoms with Gasteiger partial charge in [0.1, 0.15) is 11.6 Å². The van der Waals surface area contributed by atoms with E-state index in [0.717, 1.165) is 0 Å². The molecule has 5 nitrogen and oxygen atoms in total. The van der Waals surface area contributed by atoms with E-state index >= 15 is 0 Å². The third kappa shape index (κ3) is 8.49. The summed E-state index contributed by atoms with van der Waals surface area (Å²) in [5, 5.41) is 0. The molecule has 0 saturated carbocycles. The summed E-state index contributed by atoms with van der Waals surface area (Å²) < 4.78 is 9.48. The highest BCUT2D eigenvalue weighted by Gasteiger charge is 2.22. The van der Waals surface area contributed by atoms with Crippen LogP contribution in [0.4, 0.5) is 0 Å². The molecule has 0 aromatic heterocycles. The number of nitrogens with two attached hydrogens (primary N) is 1. The van der Waals surface area contributed by atoms with E-state index in [2.05, 4.69) is 4.74 Å². The fourth-order valence-corrected chi connectivity index (χ4v) is 0.871. The van der Waals surface area contributed by atoms with E-state index in [1.807, 2.05) is 0 Å². The van der Waals surface area contributed by atoms with Gasteiger partial charge in [0.25, 0.3) is 0 Å². The Morgan fingerprint density at radius 2 is 1.81 bits per heavy atom. The van der Waals surface area contributed by atoms with E-state index in [0.29, 0.717) is 0 Å². The van der Waals surface area contributed by atoms with Crippen molar-refractivity contribution >= 4 is 24.3 Å². The lowest BCUT2D eigenvalue weighted by Gasteiger charge is -2.21. The van der Waals surface area contributed by atoms with Gasteiger partial charge in [-0.05, 0) is 27.2 Å². The molecule has 0 bridgehead atoms. The maximum atomic E-state index is 11.4. The molecule has 0 aromatic rings. The maximum Gasteiger partial charge on any atom is 0.323 e. The van der Waals surface area contributed by atoms with Crippen LogP contribution in [0, 0.1) is 0 Å². The van der Waals surface area contributed by atoms with Gasteiger partial charge in [0.2, 0.25) is 0 Å². The fourth-order valence-electron chi connectivity index (χ4n) is 0.871. The first-order valence-corrected chi connectivity index (χ1v) is 4.81. The fraction of sp³-hybridized carbons (Fsp3) is 0.800. The topological polar surface area (TPSA) is 78.6 Å². The summed E-state index contributed by atoms with van der Waals surface area (Å²) in [6, 6.07) is -0.775. The van der Waals surface area contributed by atoms with Crippen LogP contribution in [0.3, 0.4) is 0 Å². The summed E-state index contributed by atoms with van der Waals surface area (Å²) in [4.78, 5) is 22.2. The van der Waals surface area contributed by atoms with Crippen LogP contribution < -0.4 is 5.73 Å². The highest BCUT2D eigenvalue weighted by atomic mass is 35.5. The van der Waals surface area contributed by atoms with Crippen molar-refractivity contribution in [2.24, 2.45) is 5.73 Å². The Morgan fingerprint density at radius 3 is 2.19 bits per heavy atom. The summed E-state index contributed by atoms with van der Waals surface area (Å²) in [7, 11) is 1.29. The first-order chi connectivity index (χ1) is 6.76. The number of ether oxygens (including phenoxy) is 2. The second-order valence-corrected chi connectivity index (χ2v) is 4.25. The van der Waals surface area contributed by atoms with Gasteiger partial charge in [-0.3, -0.25) is 9.59 Å². The molecule has 0 aromatic carbocycles. The van der Waals surface area contributed by atoms with Gasteiger partial charge in [-0.1, -0.05) is 0 Å². The summed E-state index contributed by atoms with van der Waals surface area (Å²) in [6.07, 6.45) is 0.360. The van der Waals surface area contributed by atoms with Gasteiger partial charge in [-0.25, -0.2) is 0 Å². The Morgan fingerprint density at radius 1 is 1.31 bits per heavy atom. The molecule has 0 aliphatic carbocycles. The van der Waals surface area contributed by atoms with Crippen molar-refractivity contribution in [3.05, 3.63) is 0 Å². The monoisotopic (exact) mass is 253 g/mol. The summed E-state index contributed by atoms with van der Waals surface area (Å²) in [6.45, 7) is 5.29. The molecule has 0 radical (unpaired) electrons. The van der Waals surface area contributed by atoms with Crippen molar-refractivity contribution < 1.29 is 19.1 Å². The number of carbonyl (C=O) groups is 2. The quantitative estimate of drug-likeness (QED) is 0.757. The van der Waals surface area contributed by atoms with Gasteiger partial charge in [0.05, 0.1) is 7.11 Å². The normalized spacial score (nSPS) is 12.3. The molecule has 2 N–H and O–H groups in total. The SMILES string of the molecule is COC(=O)CCC(N)C(=O)OC(C)(C)C.Cl. The lowest BCUT2D eigenvalue weighted by molar-refractivity contribution is -0.156. The Hall–Kier alpha value is -0.810. The molecule has 0 spiro atoms. The number of carbonyl (C=O) groups excluding carboxylic acids is 2. The molecule has 0 saturated heterocycles. The second-order valence-electron chi connectivity index (χ2n) is 4.25. The minimum Gasteiger partial charge on any atom is -0.469 e.